The summed E-state index contributed by atoms with van der Waals surface area (Å²) in [7, 11) is 1.84. The first-order valence-corrected chi connectivity index (χ1v) is 5.76. The molecular weight excluding hydrogens is 256 g/mol. The SMILES string of the molecule is Cn1ccc(NC(=S)Nc2ccccc2Cl)n1. The molecule has 0 aliphatic carbocycles. The number of aryl methyl sites for hydroxylation is 1. The van der Waals surface area contributed by atoms with Crippen LogP contribution in [0.1, 0.15) is 0 Å². The quantitative estimate of drug-likeness (QED) is 0.821. The Morgan fingerprint density at radius 3 is 2.71 bits per heavy atom. The van der Waals surface area contributed by atoms with Gasteiger partial charge in [0.25, 0.3) is 0 Å². The second kappa shape index (κ2) is 5.16. The number of nitrogens with zero attached hydrogens (tertiary/aromatic N) is 2. The van der Waals surface area contributed by atoms with Gasteiger partial charge in [0, 0.05) is 19.3 Å². The van der Waals surface area contributed by atoms with E-state index in [1.807, 2.05) is 37.5 Å². The Balaban J connectivity index is 2.01. The maximum atomic E-state index is 6.01. The predicted molar refractivity (Wildman–Crippen MR) is 74.5 cm³/mol. The first-order chi connectivity index (χ1) is 8.15. The standard InChI is InChI=1S/C11H11ClN4S/c1-16-7-6-10(15-16)14-11(17)13-9-5-3-2-4-8(9)12/h2-7H,1H3,(H2,13,14,15,17). The lowest BCUT2D eigenvalue weighted by atomic mass is 10.3. The summed E-state index contributed by atoms with van der Waals surface area (Å²) in [4.78, 5) is 0. The maximum absolute atomic E-state index is 6.01. The van der Waals surface area contributed by atoms with Gasteiger partial charge in [-0.1, -0.05) is 23.7 Å². The first kappa shape index (κ1) is 11.9. The zero-order valence-corrected chi connectivity index (χ0v) is 10.7. The minimum absolute atomic E-state index is 0.455. The van der Waals surface area contributed by atoms with Gasteiger partial charge in [-0.15, -0.1) is 0 Å². The fourth-order valence-corrected chi connectivity index (χ4v) is 1.71. The van der Waals surface area contributed by atoms with Gasteiger partial charge in [0.05, 0.1) is 10.7 Å². The van der Waals surface area contributed by atoms with Crippen LogP contribution in [0.4, 0.5) is 11.5 Å². The van der Waals surface area contributed by atoms with Crippen molar-refractivity contribution in [1.82, 2.24) is 9.78 Å². The van der Waals surface area contributed by atoms with Crippen LogP contribution in [0.15, 0.2) is 36.5 Å². The van der Waals surface area contributed by atoms with Crippen molar-refractivity contribution >= 4 is 40.4 Å². The fraction of sp³-hybridized carbons (Fsp3) is 0.0909. The molecule has 0 spiro atoms. The van der Waals surface area contributed by atoms with E-state index < -0.39 is 0 Å². The molecule has 0 atom stereocenters. The molecule has 0 aliphatic rings. The average Bonchev–Trinajstić information content (AvgIpc) is 2.67. The van der Waals surface area contributed by atoms with E-state index in [4.69, 9.17) is 23.8 Å². The lowest BCUT2D eigenvalue weighted by Crippen LogP contribution is -2.19. The summed E-state index contributed by atoms with van der Waals surface area (Å²) in [6.45, 7) is 0. The maximum Gasteiger partial charge on any atom is 0.176 e. The number of nitrogens with one attached hydrogen (secondary N) is 2. The third-order valence-electron chi connectivity index (χ3n) is 2.08. The van der Waals surface area contributed by atoms with Gasteiger partial charge in [0.15, 0.2) is 10.9 Å². The molecule has 4 nitrogen and oxygen atoms in total. The van der Waals surface area contributed by atoms with Crippen molar-refractivity contribution in [3.05, 3.63) is 41.6 Å². The van der Waals surface area contributed by atoms with Crippen LogP contribution in [-0.2, 0) is 7.05 Å². The van der Waals surface area contributed by atoms with Crippen LogP contribution in [-0.4, -0.2) is 14.9 Å². The van der Waals surface area contributed by atoms with Crippen LogP contribution in [0.5, 0.6) is 0 Å². The van der Waals surface area contributed by atoms with E-state index in [1.165, 1.54) is 0 Å². The van der Waals surface area contributed by atoms with Gasteiger partial charge in [-0.3, -0.25) is 4.68 Å². The highest BCUT2D eigenvalue weighted by Crippen LogP contribution is 2.20. The topological polar surface area (TPSA) is 41.9 Å². The van der Waals surface area contributed by atoms with Crippen LogP contribution in [0, 0.1) is 0 Å². The molecule has 1 aromatic heterocycles. The third-order valence-corrected chi connectivity index (χ3v) is 2.61. The predicted octanol–water partition coefficient (Wildman–Crippen LogP) is 2.88. The number of halogens is 1. The Bertz CT molecular complexity index is 538. The van der Waals surface area contributed by atoms with Crippen LogP contribution in [0.25, 0.3) is 0 Å². The Kier molecular flexibility index (Phi) is 3.61. The monoisotopic (exact) mass is 266 g/mol. The van der Waals surface area contributed by atoms with Gasteiger partial charge in [0.1, 0.15) is 0 Å². The van der Waals surface area contributed by atoms with E-state index in [1.54, 1.807) is 10.7 Å². The Morgan fingerprint density at radius 2 is 2.06 bits per heavy atom. The summed E-state index contributed by atoms with van der Waals surface area (Å²) < 4.78 is 1.69. The number of hydrogen-bond donors (Lipinski definition) is 2. The highest BCUT2D eigenvalue weighted by molar-refractivity contribution is 7.80. The van der Waals surface area contributed by atoms with Crippen molar-refractivity contribution in [3.63, 3.8) is 0 Å². The number of aromatic nitrogens is 2. The molecule has 17 heavy (non-hydrogen) atoms. The smallest absolute Gasteiger partial charge is 0.176 e. The zero-order chi connectivity index (χ0) is 12.3. The summed E-state index contributed by atoms with van der Waals surface area (Å²) >= 11 is 11.2. The van der Waals surface area contributed by atoms with E-state index >= 15 is 0 Å². The Labute approximate surface area is 110 Å². The number of hydrogen-bond acceptors (Lipinski definition) is 2. The van der Waals surface area contributed by atoms with Crippen molar-refractivity contribution < 1.29 is 0 Å². The molecule has 88 valence electrons. The average molecular weight is 267 g/mol. The van der Waals surface area contributed by atoms with Crippen molar-refractivity contribution in [2.45, 2.75) is 0 Å². The molecule has 1 aromatic carbocycles. The summed E-state index contributed by atoms with van der Waals surface area (Å²) in [6.07, 6.45) is 1.83. The fourth-order valence-electron chi connectivity index (χ4n) is 1.31. The first-order valence-electron chi connectivity index (χ1n) is 4.97. The van der Waals surface area contributed by atoms with Crippen molar-refractivity contribution in [3.8, 4) is 0 Å². The van der Waals surface area contributed by atoms with Gasteiger partial charge < -0.3 is 10.6 Å². The molecule has 6 heteroatoms. The summed E-state index contributed by atoms with van der Waals surface area (Å²) in [5.74, 6) is 0.692. The molecule has 0 saturated carbocycles. The van der Waals surface area contributed by atoms with Gasteiger partial charge in [-0.2, -0.15) is 5.10 Å². The highest BCUT2D eigenvalue weighted by Gasteiger charge is 2.03. The molecular formula is C11H11ClN4S. The highest BCUT2D eigenvalue weighted by atomic mass is 35.5. The number of benzene rings is 1. The number of anilines is 2. The van der Waals surface area contributed by atoms with Gasteiger partial charge in [0.2, 0.25) is 0 Å². The molecule has 0 bridgehead atoms. The van der Waals surface area contributed by atoms with Gasteiger partial charge in [-0.05, 0) is 24.4 Å². The summed E-state index contributed by atoms with van der Waals surface area (Å²) in [5, 5.41) is 11.2. The third kappa shape index (κ3) is 3.18. The van der Waals surface area contributed by atoms with E-state index in [2.05, 4.69) is 15.7 Å². The lowest BCUT2D eigenvalue weighted by Gasteiger charge is -2.09. The number of para-hydroxylation sites is 1. The van der Waals surface area contributed by atoms with Crippen molar-refractivity contribution in [2.75, 3.05) is 10.6 Å². The van der Waals surface area contributed by atoms with E-state index in [-0.39, 0.29) is 0 Å². The van der Waals surface area contributed by atoms with Crippen molar-refractivity contribution in [2.24, 2.45) is 7.05 Å². The zero-order valence-electron chi connectivity index (χ0n) is 9.14. The van der Waals surface area contributed by atoms with Gasteiger partial charge in [-0.25, -0.2) is 0 Å². The molecule has 0 fully saturated rings. The van der Waals surface area contributed by atoms with Crippen LogP contribution in [0.3, 0.4) is 0 Å². The normalized spacial score (nSPS) is 10.0. The summed E-state index contributed by atoms with van der Waals surface area (Å²) in [5.41, 5.74) is 0.766. The molecule has 2 N–H and O–H groups in total. The van der Waals surface area contributed by atoms with E-state index in [9.17, 15) is 0 Å². The van der Waals surface area contributed by atoms with Crippen molar-refractivity contribution in [1.29, 1.82) is 0 Å². The molecule has 0 unspecified atom stereocenters. The second-order valence-corrected chi connectivity index (χ2v) is 4.25. The minimum Gasteiger partial charge on any atom is -0.331 e. The second-order valence-electron chi connectivity index (χ2n) is 3.43. The van der Waals surface area contributed by atoms with E-state index in [0.717, 1.165) is 5.69 Å². The molecule has 1 heterocycles. The molecule has 0 saturated heterocycles. The summed E-state index contributed by atoms with van der Waals surface area (Å²) in [6, 6.07) is 9.24. The minimum atomic E-state index is 0.455. The molecule has 0 radical (unpaired) electrons. The van der Waals surface area contributed by atoms with Crippen LogP contribution in [0.2, 0.25) is 5.02 Å². The largest absolute Gasteiger partial charge is 0.331 e. The molecule has 2 aromatic rings. The van der Waals surface area contributed by atoms with Gasteiger partial charge >= 0.3 is 0 Å². The molecule has 0 amide bonds. The van der Waals surface area contributed by atoms with E-state index in [0.29, 0.717) is 16.0 Å². The number of thiocarbonyl (C=S) groups is 1. The Morgan fingerprint density at radius 1 is 1.29 bits per heavy atom. The molecule has 0 aliphatic heterocycles. The Hall–Kier alpha value is -1.59. The van der Waals surface area contributed by atoms with Crippen LogP contribution < -0.4 is 10.6 Å². The number of rotatable bonds is 2. The lowest BCUT2D eigenvalue weighted by molar-refractivity contribution is 0.772. The molecule has 2 rings (SSSR count). The van der Waals surface area contributed by atoms with Crippen LogP contribution >= 0.6 is 23.8 Å².